The second kappa shape index (κ2) is 9.34. The van der Waals surface area contributed by atoms with Gasteiger partial charge in [-0.1, -0.05) is 12.1 Å². The van der Waals surface area contributed by atoms with Crippen molar-refractivity contribution < 1.29 is 19.0 Å². The fraction of sp³-hybridized carbons (Fsp3) is 0.200. The third kappa shape index (κ3) is 4.33. The van der Waals surface area contributed by atoms with Gasteiger partial charge in [0, 0.05) is 14.1 Å². The van der Waals surface area contributed by atoms with Gasteiger partial charge in [0.15, 0.2) is 0 Å². The standard InChI is InChI=1S/C25H24N4O6/c1-12(28-26-3)20-22(30)16-10-14(5-7-18(16)34-24(20)32)9-15-6-8-19-17(11-15)23(31)21(25(33)35-19)13(2)29-27-4/h5-8,10-11,26-27,30-31H,9H2,1-4H3/b28-12+,29-13+. The van der Waals surface area contributed by atoms with Crippen LogP contribution < -0.4 is 22.1 Å². The Bertz CT molecular complexity index is 1510. The summed E-state index contributed by atoms with van der Waals surface area (Å²) >= 11 is 0. The van der Waals surface area contributed by atoms with Gasteiger partial charge in [-0.05, 0) is 55.7 Å². The van der Waals surface area contributed by atoms with E-state index in [1.165, 1.54) is 0 Å². The van der Waals surface area contributed by atoms with Gasteiger partial charge < -0.3 is 29.9 Å². The normalized spacial score (nSPS) is 12.3. The van der Waals surface area contributed by atoms with E-state index in [4.69, 9.17) is 8.83 Å². The molecule has 2 heterocycles. The summed E-state index contributed by atoms with van der Waals surface area (Å²) in [6.45, 7) is 3.19. The molecule has 10 nitrogen and oxygen atoms in total. The van der Waals surface area contributed by atoms with Crippen molar-refractivity contribution in [1.29, 1.82) is 0 Å². The molecule has 0 aliphatic carbocycles. The Morgan fingerprint density at radius 2 is 1.17 bits per heavy atom. The lowest BCUT2D eigenvalue weighted by Crippen LogP contribution is -2.15. The molecule has 2 aromatic heterocycles. The van der Waals surface area contributed by atoms with E-state index in [9.17, 15) is 19.8 Å². The number of hydrazone groups is 2. The minimum atomic E-state index is -0.682. The van der Waals surface area contributed by atoms with Crippen LogP contribution in [0.5, 0.6) is 11.5 Å². The number of rotatable bonds is 6. The van der Waals surface area contributed by atoms with Crippen LogP contribution in [0.2, 0.25) is 0 Å². The first-order chi connectivity index (χ1) is 16.7. The molecule has 0 atom stereocenters. The zero-order valence-electron chi connectivity index (χ0n) is 19.6. The average molecular weight is 476 g/mol. The SMILES string of the molecule is CN/N=C(\C)c1c(O)c2cc(Cc3ccc4oc(=O)c(/C(C)=N/NC)c(O)c4c3)ccc2oc1=O. The molecule has 0 bridgehead atoms. The van der Waals surface area contributed by atoms with Crippen LogP contribution in [0, 0.1) is 0 Å². The molecule has 0 saturated heterocycles. The van der Waals surface area contributed by atoms with Crippen LogP contribution in [0.25, 0.3) is 21.9 Å². The van der Waals surface area contributed by atoms with Crippen molar-refractivity contribution in [2.24, 2.45) is 10.2 Å². The van der Waals surface area contributed by atoms with Crippen molar-refractivity contribution in [2.75, 3.05) is 14.1 Å². The number of nitrogens with one attached hydrogen (secondary N) is 2. The Kier molecular flexibility index (Phi) is 6.28. The highest BCUT2D eigenvalue weighted by Gasteiger charge is 2.19. The van der Waals surface area contributed by atoms with E-state index in [0.29, 0.717) is 28.6 Å². The third-order valence-corrected chi connectivity index (χ3v) is 5.58. The number of nitrogens with zero attached hydrogens (tertiary/aromatic N) is 2. The highest BCUT2D eigenvalue weighted by atomic mass is 16.4. The maximum atomic E-state index is 12.3. The maximum absolute atomic E-state index is 12.3. The predicted octanol–water partition coefficient (Wildman–Crippen LogP) is 2.79. The molecule has 0 amide bonds. The zero-order valence-corrected chi connectivity index (χ0v) is 19.6. The van der Waals surface area contributed by atoms with Gasteiger partial charge in [-0.2, -0.15) is 10.2 Å². The summed E-state index contributed by atoms with van der Waals surface area (Å²) in [6, 6.07) is 10.3. The lowest BCUT2D eigenvalue weighted by atomic mass is 9.99. The van der Waals surface area contributed by atoms with E-state index in [-0.39, 0.29) is 33.8 Å². The summed E-state index contributed by atoms with van der Waals surface area (Å²) in [4.78, 5) is 24.7. The summed E-state index contributed by atoms with van der Waals surface area (Å²) in [6.07, 6.45) is 0.431. The molecule has 0 aliphatic heterocycles. The van der Waals surface area contributed by atoms with E-state index in [1.54, 1.807) is 64.3 Å². The van der Waals surface area contributed by atoms with Gasteiger partial charge >= 0.3 is 11.3 Å². The Morgan fingerprint density at radius 3 is 1.54 bits per heavy atom. The summed E-state index contributed by atoms with van der Waals surface area (Å²) in [7, 11) is 3.18. The van der Waals surface area contributed by atoms with Crippen molar-refractivity contribution in [1.82, 2.24) is 10.9 Å². The minimum Gasteiger partial charge on any atom is -0.506 e. The van der Waals surface area contributed by atoms with Gasteiger partial charge in [-0.15, -0.1) is 0 Å². The molecule has 0 aliphatic rings. The minimum absolute atomic E-state index is 0.0132. The largest absolute Gasteiger partial charge is 0.506 e. The van der Waals surface area contributed by atoms with E-state index in [2.05, 4.69) is 21.1 Å². The lowest BCUT2D eigenvalue weighted by molar-refractivity contribution is 0.465. The second-order valence-corrected chi connectivity index (χ2v) is 7.91. The van der Waals surface area contributed by atoms with Crippen LogP contribution in [0.3, 0.4) is 0 Å². The van der Waals surface area contributed by atoms with Crippen molar-refractivity contribution in [3.05, 3.63) is 79.5 Å². The first-order valence-corrected chi connectivity index (χ1v) is 10.7. The van der Waals surface area contributed by atoms with E-state index in [0.717, 1.165) is 11.1 Å². The molecule has 0 fully saturated rings. The Balaban J connectivity index is 1.79. The molecule has 35 heavy (non-hydrogen) atoms. The number of benzene rings is 2. The fourth-order valence-corrected chi connectivity index (χ4v) is 4.01. The first kappa shape index (κ1) is 23.6. The molecule has 4 N–H and O–H groups in total. The topological polar surface area (TPSA) is 150 Å². The smallest absolute Gasteiger partial charge is 0.349 e. The van der Waals surface area contributed by atoms with Crippen LogP contribution >= 0.6 is 0 Å². The quantitative estimate of drug-likeness (QED) is 0.189. The lowest BCUT2D eigenvalue weighted by Gasteiger charge is -2.10. The Hall–Kier alpha value is -4.60. The van der Waals surface area contributed by atoms with Gasteiger partial charge in [0.2, 0.25) is 0 Å². The van der Waals surface area contributed by atoms with Crippen LogP contribution in [0.1, 0.15) is 36.1 Å². The van der Waals surface area contributed by atoms with Crippen LogP contribution in [0.15, 0.2) is 65.0 Å². The number of fused-ring (bicyclic) bond motifs is 2. The molecular formula is C25H24N4O6. The summed E-state index contributed by atoms with van der Waals surface area (Å²) in [5.41, 5.74) is 6.52. The average Bonchev–Trinajstić information content (AvgIpc) is 2.80. The van der Waals surface area contributed by atoms with Crippen molar-refractivity contribution >= 4 is 33.4 Å². The van der Waals surface area contributed by atoms with E-state index < -0.39 is 11.3 Å². The van der Waals surface area contributed by atoms with Crippen LogP contribution in [-0.2, 0) is 6.42 Å². The van der Waals surface area contributed by atoms with Gasteiger partial charge in [-0.25, -0.2) is 9.59 Å². The van der Waals surface area contributed by atoms with Crippen LogP contribution in [-0.4, -0.2) is 35.7 Å². The Morgan fingerprint density at radius 1 is 0.771 bits per heavy atom. The Labute approximate surface area is 199 Å². The van der Waals surface area contributed by atoms with E-state index in [1.807, 2.05) is 0 Å². The molecule has 2 aromatic carbocycles. The summed E-state index contributed by atoms with van der Waals surface area (Å²) < 4.78 is 10.7. The maximum Gasteiger partial charge on any atom is 0.349 e. The highest BCUT2D eigenvalue weighted by molar-refractivity contribution is 6.05. The van der Waals surface area contributed by atoms with Gasteiger partial charge in [-0.3, -0.25) is 0 Å². The van der Waals surface area contributed by atoms with E-state index >= 15 is 0 Å². The van der Waals surface area contributed by atoms with Crippen molar-refractivity contribution in [3.8, 4) is 11.5 Å². The molecule has 4 aromatic rings. The van der Waals surface area contributed by atoms with Gasteiger partial charge in [0.1, 0.15) is 33.8 Å². The zero-order chi connectivity index (χ0) is 25.3. The molecule has 180 valence electrons. The monoisotopic (exact) mass is 476 g/mol. The summed E-state index contributed by atoms with van der Waals surface area (Å²) in [5, 5.41) is 30.3. The molecule has 0 saturated carbocycles. The second-order valence-electron chi connectivity index (χ2n) is 7.91. The van der Waals surface area contributed by atoms with Crippen molar-refractivity contribution in [2.45, 2.75) is 20.3 Å². The first-order valence-electron chi connectivity index (χ1n) is 10.7. The summed E-state index contributed by atoms with van der Waals surface area (Å²) in [5.74, 6) is -0.423. The fourth-order valence-electron chi connectivity index (χ4n) is 4.01. The molecular weight excluding hydrogens is 452 g/mol. The molecule has 0 unspecified atom stereocenters. The highest BCUT2D eigenvalue weighted by Crippen LogP contribution is 2.31. The molecule has 10 heteroatoms. The van der Waals surface area contributed by atoms with Crippen LogP contribution in [0.4, 0.5) is 0 Å². The predicted molar refractivity (Wildman–Crippen MR) is 134 cm³/mol. The van der Waals surface area contributed by atoms with Gasteiger partial charge in [0.05, 0.1) is 22.2 Å². The van der Waals surface area contributed by atoms with Gasteiger partial charge in [0.25, 0.3) is 0 Å². The number of aromatic hydroxyl groups is 2. The molecule has 4 rings (SSSR count). The number of hydrogen-bond donors (Lipinski definition) is 4. The molecule has 0 spiro atoms. The van der Waals surface area contributed by atoms with Crippen molar-refractivity contribution in [3.63, 3.8) is 0 Å². The third-order valence-electron chi connectivity index (χ3n) is 5.58. The molecule has 0 radical (unpaired) electrons. The number of hydrogen-bond acceptors (Lipinski definition) is 10.